The molecule has 0 bridgehead atoms. The van der Waals surface area contributed by atoms with Crippen molar-refractivity contribution in [3.05, 3.63) is 0 Å². The fraction of sp³-hybridized carbons (Fsp3) is 0.941. The van der Waals surface area contributed by atoms with Gasteiger partial charge < -0.3 is 9.80 Å². The number of unbranched alkanes of at least 4 members (excludes halogenated alkanes) is 4. The Morgan fingerprint density at radius 3 is 0.800 bits per heavy atom. The van der Waals surface area contributed by atoms with E-state index in [2.05, 4.69) is 92.9 Å². The van der Waals surface area contributed by atoms with Gasteiger partial charge in [-0.2, -0.15) is 0 Å². The van der Waals surface area contributed by atoms with Gasteiger partial charge in [0.25, 0.3) is 0 Å². The smallest absolute Gasteiger partial charge is 0.147 e. The molecule has 0 heterocycles. The van der Waals surface area contributed by atoms with Gasteiger partial charge in [-0.05, 0) is 70.9 Å². The summed E-state index contributed by atoms with van der Waals surface area (Å²) < 4.78 is 2.09. The van der Waals surface area contributed by atoms with Gasteiger partial charge in [0, 0.05) is 24.2 Å². The van der Waals surface area contributed by atoms with Crippen LogP contribution >= 0.6 is 46.0 Å². The zero-order chi connectivity index (χ0) is 30.8. The zero-order valence-electron chi connectivity index (χ0n) is 28.6. The minimum atomic E-state index is 0.482. The molecule has 0 saturated heterocycles. The van der Waals surface area contributed by atoms with Gasteiger partial charge in [0.15, 0.2) is 0 Å². The molecule has 238 valence electrons. The van der Waals surface area contributed by atoms with E-state index in [4.69, 9.17) is 24.4 Å². The summed E-state index contributed by atoms with van der Waals surface area (Å²) in [7, 11) is 3.55. The van der Waals surface area contributed by atoms with Crippen LogP contribution < -0.4 is 0 Å². The van der Waals surface area contributed by atoms with Crippen molar-refractivity contribution in [3.63, 3.8) is 0 Å². The highest BCUT2D eigenvalue weighted by molar-refractivity contribution is 8.89. The van der Waals surface area contributed by atoms with Gasteiger partial charge in [-0.3, -0.25) is 0 Å². The summed E-state index contributed by atoms with van der Waals surface area (Å²) in [5.41, 5.74) is 0. The maximum Gasteiger partial charge on any atom is 0.147 e. The lowest BCUT2D eigenvalue weighted by atomic mass is 9.90. The highest BCUT2D eigenvalue weighted by Crippen LogP contribution is 2.38. The normalized spacial score (nSPS) is 15.1. The van der Waals surface area contributed by atoms with E-state index in [1.165, 1.54) is 77.0 Å². The standard InChI is InChI=1S/C34H68N2S4/c1-13-17-21-29(25(5)6)35(30(26(7)8)22-18-14-2)33(37)39-40-34(38)36(31(27(9)10)23-19-15-3)32(28(11)12)24-20-16-4/h25-32H,13-24H2,1-12H3. The maximum absolute atomic E-state index is 6.34. The van der Waals surface area contributed by atoms with Crippen molar-refractivity contribution in [1.29, 1.82) is 0 Å². The lowest BCUT2D eigenvalue weighted by Crippen LogP contribution is -2.51. The van der Waals surface area contributed by atoms with Crippen molar-refractivity contribution in [3.8, 4) is 0 Å². The third-order valence-electron chi connectivity index (χ3n) is 8.53. The minimum absolute atomic E-state index is 0.482. The fourth-order valence-electron chi connectivity index (χ4n) is 6.02. The highest BCUT2D eigenvalue weighted by Gasteiger charge is 2.35. The first-order valence-electron chi connectivity index (χ1n) is 16.9. The van der Waals surface area contributed by atoms with Crippen LogP contribution in [-0.2, 0) is 0 Å². The van der Waals surface area contributed by atoms with Crippen molar-refractivity contribution in [1.82, 2.24) is 9.80 Å². The summed E-state index contributed by atoms with van der Waals surface area (Å²) in [6.07, 6.45) is 14.8. The summed E-state index contributed by atoms with van der Waals surface area (Å²) in [6.45, 7) is 28.3. The number of hydrogen-bond acceptors (Lipinski definition) is 4. The molecule has 0 N–H and O–H groups in total. The molecule has 6 heteroatoms. The van der Waals surface area contributed by atoms with Gasteiger partial charge in [-0.15, -0.1) is 0 Å². The predicted octanol–water partition coefficient (Wildman–Crippen LogP) is 12.4. The maximum atomic E-state index is 6.34. The number of thiocarbonyl (C=S) groups is 2. The Morgan fingerprint density at radius 1 is 0.450 bits per heavy atom. The lowest BCUT2D eigenvalue weighted by Gasteiger charge is -2.45. The zero-order valence-corrected chi connectivity index (χ0v) is 31.9. The molecule has 0 aliphatic rings. The second-order valence-corrected chi connectivity index (χ2v) is 16.7. The first-order chi connectivity index (χ1) is 18.9. The van der Waals surface area contributed by atoms with Crippen molar-refractivity contribution >= 4 is 54.7 Å². The molecule has 0 aliphatic carbocycles. The van der Waals surface area contributed by atoms with E-state index in [9.17, 15) is 0 Å². The minimum Gasteiger partial charge on any atom is -0.350 e. The molecule has 0 aromatic carbocycles. The van der Waals surface area contributed by atoms with Crippen LogP contribution in [0, 0.1) is 23.7 Å². The molecule has 0 aromatic heterocycles. The average molecular weight is 633 g/mol. The molecule has 0 radical (unpaired) electrons. The molecule has 0 fully saturated rings. The topological polar surface area (TPSA) is 6.48 Å². The molecule has 0 spiro atoms. The molecule has 0 amide bonds. The molecule has 0 aromatic rings. The van der Waals surface area contributed by atoms with Gasteiger partial charge >= 0.3 is 0 Å². The van der Waals surface area contributed by atoms with Gasteiger partial charge in [0.05, 0.1) is 0 Å². The molecule has 40 heavy (non-hydrogen) atoms. The van der Waals surface area contributed by atoms with E-state index in [1.807, 2.05) is 0 Å². The Bertz CT molecular complexity index is 568. The Hall–Kier alpha value is 0.480. The largest absolute Gasteiger partial charge is 0.350 e. The second-order valence-electron chi connectivity index (χ2n) is 13.3. The van der Waals surface area contributed by atoms with Crippen molar-refractivity contribution in [2.45, 2.75) is 184 Å². The van der Waals surface area contributed by atoms with Crippen LogP contribution in [0.5, 0.6) is 0 Å². The molecule has 4 atom stereocenters. The van der Waals surface area contributed by atoms with E-state index >= 15 is 0 Å². The van der Waals surface area contributed by atoms with Gasteiger partial charge in [0.2, 0.25) is 0 Å². The van der Waals surface area contributed by atoms with Crippen LogP contribution in [0.2, 0.25) is 0 Å². The van der Waals surface area contributed by atoms with Crippen molar-refractivity contribution < 1.29 is 0 Å². The summed E-state index contributed by atoms with van der Waals surface area (Å²) in [5, 5.41) is 0. The van der Waals surface area contributed by atoms with E-state index in [1.54, 1.807) is 21.6 Å². The third-order valence-corrected chi connectivity index (χ3v) is 12.1. The molecule has 0 saturated carbocycles. The molecular formula is C34H68N2S4. The fourth-order valence-corrected chi connectivity index (χ4v) is 8.97. The molecule has 0 aliphatic heterocycles. The second kappa shape index (κ2) is 22.9. The Kier molecular flexibility index (Phi) is 23.2. The van der Waals surface area contributed by atoms with Gasteiger partial charge in [-0.25, -0.2) is 0 Å². The quantitative estimate of drug-likeness (QED) is 0.0966. The highest BCUT2D eigenvalue weighted by atomic mass is 33.1. The van der Waals surface area contributed by atoms with Crippen LogP contribution in [0.25, 0.3) is 0 Å². The number of rotatable bonds is 20. The van der Waals surface area contributed by atoms with Crippen LogP contribution in [0.1, 0.15) is 160 Å². The van der Waals surface area contributed by atoms with Gasteiger partial charge in [-0.1, -0.05) is 159 Å². The first kappa shape index (κ1) is 40.5. The van der Waals surface area contributed by atoms with Crippen LogP contribution in [0.3, 0.4) is 0 Å². The van der Waals surface area contributed by atoms with E-state index < -0.39 is 0 Å². The molecule has 4 unspecified atom stereocenters. The van der Waals surface area contributed by atoms with E-state index in [0.29, 0.717) is 47.8 Å². The van der Waals surface area contributed by atoms with Crippen molar-refractivity contribution in [2.24, 2.45) is 23.7 Å². The third kappa shape index (κ3) is 14.3. The van der Waals surface area contributed by atoms with Crippen LogP contribution in [0.15, 0.2) is 0 Å². The predicted molar refractivity (Wildman–Crippen MR) is 197 cm³/mol. The SMILES string of the molecule is CCCCC(C(C)C)N(C(=S)SSC(=S)N(C(CCCC)C(C)C)C(CCCC)C(C)C)C(CCCC)C(C)C. The molecule has 2 nitrogen and oxygen atoms in total. The Morgan fingerprint density at radius 2 is 0.650 bits per heavy atom. The summed E-state index contributed by atoms with van der Waals surface area (Å²) in [6, 6.07) is 1.93. The number of hydrogen-bond donors (Lipinski definition) is 0. The van der Waals surface area contributed by atoms with Crippen LogP contribution in [-0.4, -0.2) is 42.6 Å². The van der Waals surface area contributed by atoms with E-state index in [-0.39, 0.29) is 0 Å². The number of nitrogens with zero attached hydrogens (tertiary/aromatic N) is 2. The first-order valence-corrected chi connectivity index (χ1v) is 19.8. The molecular weight excluding hydrogens is 565 g/mol. The molecule has 0 rings (SSSR count). The lowest BCUT2D eigenvalue weighted by molar-refractivity contribution is 0.142. The summed E-state index contributed by atoms with van der Waals surface area (Å²) in [5.74, 6) is 2.28. The van der Waals surface area contributed by atoms with E-state index in [0.717, 1.165) is 8.64 Å². The van der Waals surface area contributed by atoms with Gasteiger partial charge in [0.1, 0.15) is 8.64 Å². The summed E-state index contributed by atoms with van der Waals surface area (Å²) in [4.78, 5) is 5.35. The summed E-state index contributed by atoms with van der Waals surface area (Å²) >= 11 is 12.7. The average Bonchev–Trinajstić information content (AvgIpc) is 2.89. The van der Waals surface area contributed by atoms with Crippen molar-refractivity contribution in [2.75, 3.05) is 0 Å². The monoisotopic (exact) mass is 632 g/mol. The van der Waals surface area contributed by atoms with Crippen LogP contribution in [0.4, 0.5) is 0 Å². The Balaban J connectivity index is 6.27. The Labute approximate surface area is 271 Å².